The molecule has 0 bridgehead atoms. The zero-order valence-electron chi connectivity index (χ0n) is 9.01. The van der Waals surface area contributed by atoms with Gasteiger partial charge in [0.1, 0.15) is 5.78 Å². The van der Waals surface area contributed by atoms with E-state index in [4.69, 9.17) is 0 Å². The van der Waals surface area contributed by atoms with Crippen molar-refractivity contribution in [1.29, 1.82) is 0 Å². The Balaban J connectivity index is 3.17. The third-order valence-corrected chi connectivity index (χ3v) is 2.13. The molecule has 13 heavy (non-hydrogen) atoms. The standard InChI is InChI=1S/C12H22O/c1-3-5-6-7-8-9-10-11-12(13)4-2/h8-9H,3-7,10-11H2,1-2H3. The van der Waals surface area contributed by atoms with E-state index in [0.717, 1.165) is 12.8 Å². The van der Waals surface area contributed by atoms with Crippen molar-refractivity contribution in [1.82, 2.24) is 0 Å². The van der Waals surface area contributed by atoms with E-state index in [1.54, 1.807) is 0 Å². The first kappa shape index (κ1) is 12.4. The van der Waals surface area contributed by atoms with Crippen LogP contribution in [0.4, 0.5) is 0 Å². The Kier molecular flexibility index (Phi) is 9.07. The maximum absolute atomic E-state index is 10.9. The molecule has 0 saturated heterocycles. The zero-order valence-corrected chi connectivity index (χ0v) is 9.01. The molecule has 0 aromatic rings. The lowest BCUT2D eigenvalue weighted by Crippen LogP contribution is -1.92. The Hall–Kier alpha value is -0.590. The van der Waals surface area contributed by atoms with Gasteiger partial charge in [0.15, 0.2) is 0 Å². The topological polar surface area (TPSA) is 17.1 Å². The molecule has 76 valence electrons. The van der Waals surface area contributed by atoms with E-state index in [1.165, 1.54) is 25.7 Å². The second-order valence-electron chi connectivity index (χ2n) is 3.40. The molecule has 0 saturated carbocycles. The Morgan fingerprint density at radius 3 is 2.38 bits per heavy atom. The van der Waals surface area contributed by atoms with Gasteiger partial charge in [-0.3, -0.25) is 4.79 Å². The SMILES string of the molecule is CCCCCC=CCCC(=O)CC. The summed E-state index contributed by atoms with van der Waals surface area (Å²) in [5.74, 6) is 0.373. The summed E-state index contributed by atoms with van der Waals surface area (Å²) in [6.45, 7) is 4.14. The average Bonchev–Trinajstić information content (AvgIpc) is 2.16. The molecule has 1 nitrogen and oxygen atoms in total. The zero-order chi connectivity index (χ0) is 9.94. The van der Waals surface area contributed by atoms with Crippen molar-refractivity contribution < 1.29 is 4.79 Å². The van der Waals surface area contributed by atoms with Crippen LogP contribution in [0.5, 0.6) is 0 Å². The fraction of sp³-hybridized carbons (Fsp3) is 0.750. The Bertz CT molecular complexity index is 147. The minimum Gasteiger partial charge on any atom is -0.300 e. The molecular weight excluding hydrogens is 160 g/mol. The molecule has 0 N–H and O–H groups in total. The third kappa shape index (κ3) is 9.32. The highest BCUT2D eigenvalue weighted by Crippen LogP contribution is 2.01. The second kappa shape index (κ2) is 9.50. The second-order valence-corrected chi connectivity index (χ2v) is 3.40. The van der Waals surface area contributed by atoms with Gasteiger partial charge in [-0.05, 0) is 19.3 Å². The highest BCUT2D eigenvalue weighted by atomic mass is 16.1. The van der Waals surface area contributed by atoms with Crippen molar-refractivity contribution in [2.24, 2.45) is 0 Å². The maximum Gasteiger partial charge on any atom is 0.132 e. The summed E-state index contributed by atoms with van der Waals surface area (Å²) in [6, 6.07) is 0. The van der Waals surface area contributed by atoms with E-state index >= 15 is 0 Å². The van der Waals surface area contributed by atoms with Crippen LogP contribution in [0.15, 0.2) is 12.2 Å². The highest BCUT2D eigenvalue weighted by molar-refractivity contribution is 5.78. The van der Waals surface area contributed by atoms with Crippen LogP contribution >= 0.6 is 0 Å². The summed E-state index contributed by atoms with van der Waals surface area (Å²) in [6.07, 6.45) is 11.7. The van der Waals surface area contributed by atoms with Crippen molar-refractivity contribution in [3.05, 3.63) is 12.2 Å². The summed E-state index contributed by atoms with van der Waals surface area (Å²) in [5.41, 5.74) is 0. The largest absolute Gasteiger partial charge is 0.300 e. The smallest absolute Gasteiger partial charge is 0.132 e. The summed E-state index contributed by atoms with van der Waals surface area (Å²) in [4.78, 5) is 10.9. The number of hydrogen-bond acceptors (Lipinski definition) is 1. The monoisotopic (exact) mass is 182 g/mol. The van der Waals surface area contributed by atoms with Crippen molar-refractivity contribution in [3.8, 4) is 0 Å². The molecule has 0 fully saturated rings. The number of ketones is 1. The van der Waals surface area contributed by atoms with E-state index in [0.29, 0.717) is 12.2 Å². The molecule has 0 aliphatic carbocycles. The van der Waals surface area contributed by atoms with Crippen LogP contribution in [-0.4, -0.2) is 5.78 Å². The molecule has 0 amide bonds. The van der Waals surface area contributed by atoms with E-state index < -0.39 is 0 Å². The van der Waals surface area contributed by atoms with Gasteiger partial charge in [0.25, 0.3) is 0 Å². The lowest BCUT2D eigenvalue weighted by Gasteiger charge is -1.93. The number of carbonyl (C=O) groups excluding carboxylic acids is 1. The van der Waals surface area contributed by atoms with Crippen molar-refractivity contribution in [2.45, 2.75) is 58.8 Å². The van der Waals surface area contributed by atoms with Crippen LogP contribution in [0.1, 0.15) is 58.8 Å². The van der Waals surface area contributed by atoms with Crippen LogP contribution in [0.3, 0.4) is 0 Å². The summed E-state index contributed by atoms with van der Waals surface area (Å²) < 4.78 is 0. The first-order valence-electron chi connectivity index (χ1n) is 5.48. The molecule has 0 rings (SSSR count). The van der Waals surface area contributed by atoms with Crippen LogP contribution in [0.2, 0.25) is 0 Å². The van der Waals surface area contributed by atoms with Crippen LogP contribution < -0.4 is 0 Å². The average molecular weight is 182 g/mol. The maximum atomic E-state index is 10.9. The van der Waals surface area contributed by atoms with E-state index in [1.807, 2.05) is 6.92 Å². The fourth-order valence-corrected chi connectivity index (χ4v) is 1.17. The third-order valence-electron chi connectivity index (χ3n) is 2.13. The van der Waals surface area contributed by atoms with Crippen molar-refractivity contribution in [2.75, 3.05) is 0 Å². The first-order chi connectivity index (χ1) is 6.31. The van der Waals surface area contributed by atoms with Gasteiger partial charge < -0.3 is 0 Å². The first-order valence-corrected chi connectivity index (χ1v) is 5.48. The molecule has 0 spiro atoms. The number of carbonyl (C=O) groups is 1. The van der Waals surface area contributed by atoms with E-state index in [9.17, 15) is 4.79 Å². The molecule has 0 aromatic heterocycles. The predicted octanol–water partition coefficient (Wildman–Crippen LogP) is 3.88. The van der Waals surface area contributed by atoms with Gasteiger partial charge in [0.05, 0.1) is 0 Å². The van der Waals surface area contributed by atoms with Gasteiger partial charge in [-0.15, -0.1) is 0 Å². The molecule has 1 heteroatoms. The number of rotatable bonds is 8. The Labute approximate surface area is 82.2 Å². The molecule has 0 unspecified atom stereocenters. The molecule has 0 atom stereocenters. The molecule has 0 aliphatic rings. The van der Waals surface area contributed by atoms with Gasteiger partial charge >= 0.3 is 0 Å². The number of unbranched alkanes of at least 4 members (excludes halogenated alkanes) is 3. The van der Waals surface area contributed by atoms with E-state index in [-0.39, 0.29) is 0 Å². The quantitative estimate of drug-likeness (QED) is 0.411. The minimum atomic E-state index is 0.373. The minimum absolute atomic E-state index is 0.373. The van der Waals surface area contributed by atoms with E-state index in [2.05, 4.69) is 19.1 Å². The summed E-state index contributed by atoms with van der Waals surface area (Å²) in [7, 11) is 0. The van der Waals surface area contributed by atoms with Crippen molar-refractivity contribution >= 4 is 5.78 Å². The number of allylic oxidation sites excluding steroid dienone is 2. The van der Waals surface area contributed by atoms with Gasteiger partial charge in [-0.2, -0.15) is 0 Å². The number of hydrogen-bond donors (Lipinski definition) is 0. The Morgan fingerprint density at radius 1 is 1.08 bits per heavy atom. The molecular formula is C12H22O. The normalized spacial score (nSPS) is 10.9. The van der Waals surface area contributed by atoms with Crippen molar-refractivity contribution in [3.63, 3.8) is 0 Å². The Morgan fingerprint density at radius 2 is 1.77 bits per heavy atom. The van der Waals surface area contributed by atoms with Gasteiger partial charge in [0.2, 0.25) is 0 Å². The van der Waals surface area contributed by atoms with Gasteiger partial charge in [-0.25, -0.2) is 0 Å². The fourth-order valence-electron chi connectivity index (χ4n) is 1.17. The molecule has 0 heterocycles. The molecule has 0 aliphatic heterocycles. The predicted molar refractivity (Wildman–Crippen MR) is 57.8 cm³/mol. The lowest BCUT2D eigenvalue weighted by atomic mass is 10.1. The van der Waals surface area contributed by atoms with Gasteiger partial charge in [0, 0.05) is 12.8 Å². The van der Waals surface area contributed by atoms with Gasteiger partial charge in [-0.1, -0.05) is 38.8 Å². The van der Waals surface area contributed by atoms with Crippen LogP contribution in [-0.2, 0) is 4.79 Å². The lowest BCUT2D eigenvalue weighted by molar-refractivity contribution is -0.118. The summed E-state index contributed by atoms with van der Waals surface area (Å²) >= 11 is 0. The summed E-state index contributed by atoms with van der Waals surface area (Å²) in [5, 5.41) is 0. The molecule has 0 aromatic carbocycles. The molecule has 0 radical (unpaired) electrons. The highest BCUT2D eigenvalue weighted by Gasteiger charge is 1.93. The number of Topliss-reactive ketones (excluding diaryl/α,β-unsaturated/α-hetero) is 1. The van der Waals surface area contributed by atoms with Crippen LogP contribution in [0, 0.1) is 0 Å². The van der Waals surface area contributed by atoms with Crippen LogP contribution in [0.25, 0.3) is 0 Å².